The fourth-order valence-corrected chi connectivity index (χ4v) is 2.27. The van der Waals surface area contributed by atoms with E-state index in [2.05, 4.69) is 14.9 Å². The number of aliphatic hydroxyl groups excluding tert-OH is 1. The molecule has 0 saturated carbocycles. The molecule has 0 spiro atoms. The van der Waals surface area contributed by atoms with Gasteiger partial charge in [-0.2, -0.15) is 36.5 Å². The van der Waals surface area contributed by atoms with Crippen molar-refractivity contribution in [3.8, 4) is 0 Å². The second-order valence-electron chi connectivity index (χ2n) is 6.92. The summed E-state index contributed by atoms with van der Waals surface area (Å²) in [6.45, 7) is 7.66. The molecule has 0 atom stereocenters. The van der Waals surface area contributed by atoms with Crippen molar-refractivity contribution in [3.05, 3.63) is 34.9 Å². The number of aromatic nitrogens is 4. The van der Waals surface area contributed by atoms with E-state index in [0.29, 0.717) is 0 Å². The molecule has 0 saturated heterocycles. The maximum absolute atomic E-state index is 12.6. The van der Waals surface area contributed by atoms with Crippen molar-refractivity contribution in [2.45, 2.75) is 65.7 Å². The number of ether oxygens (including phenoxy) is 1. The quantitative estimate of drug-likeness (QED) is 0.522. The normalized spacial score (nSPS) is 12.2. The first-order valence-corrected chi connectivity index (χ1v) is 9.22. The van der Waals surface area contributed by atoms with Gasteiger partial charge in [-0.3, -0.25) is 9.36 Å². The van der Waals surface area contributed by atoms with Crippen LogP contribution in [0.2, 0.25) is 0 Å². The van der Waals surface area contributed by atoms with Crippen LogP contribution in [-0.2, 0) is 23.7 Å². The lowest BCUT2D eigenvalue weighted by Crippen LogP contribution is -2.14. The van der Waals surface area contributed by atoms with Gasteiger partial charge >= 0.3 is 18.3 Å². The van der Waals surface area contributed by atoms with E-state index in [0.717, 1.165) is 10.9 Å². The fraction of sp³-hybridized carbons (Fsp3) is 0.611. The number of rotatable bonds is 5. The molecule has 0 bridgehead atoms. The van der Waals surface area contributed by atoms with Crippen molar-refractivity contribution in [2.75, 3.05) is 6.61 Å². The van der Waals surface area contributed by atoms with Crippen molar-refractivity contribution >= 4 is 5.97 Å². The van der Waals surface area contributed by atoms with Crippen molar-refractivity contribution in [3.63, 3.8) is 0 Å². The second kappa shape index (κ2) is 10.2. The zero-order valence-corrected chi connectivity index (χ0v) is 17.5. The zero-order chi connectivity index (χ0) is 24.1. The topological polar surface area (TPSA) is 82.2 Å². The molecular weight excluding hydrogens is 434 g/mol. The summed E-state index contributed by atoms with van der Waals surface area (Å²) >= 11 is 0. The Morgan fingerprint density at radius 2 is 1.42 bits per heavy atom. The molecular formula is C18H24F6N4O3. The molecule has 0 radical (unpaired) electrons. The predicted molar refractivity (Wildman–Crippen MR) is 97.1 cm³/mol. The molecule has 0 fully saturated rings. The third kappa shape index (κ3) is 6.97. The van der Waals surface area contributed by atoms with Crippen LogP contribution in [0.25, 0.3) is 0 Å². The van der Waals surface area contributed by atoms with E-state index < -0.39 is 41.9 Å². The molecule has 7 nitrogen and oxygen atoms in total. The fourth-order valence-electron chi connectivity index (χ4n) is 2.27. The smallest absolute Gasteiger partial charge is 0.436 e. The van der Waals surface area contributed by atoms with E-state index in [-0.39, 0.29) is 24.3 Å². The van der Waals surface area contributed by atoms with E-state index >= 15 is 0 Å². The largest absolute Gasteiger partial charge is 0.462 e. The molecule has 2 aromatic rings. The minimum atomic E-state index is -4.66. The van der Waals surface area contributed by atoms with Gasteiger partial charge in [0.15, 0.2) is 11.4 Å². The average molecular weight is 458 g/mol. The maximum atomic E-state index is 12.6. The average Bonchev–Trinajstić information content (AvgIpc) is 3.26. The highest BCUT2D eigenvalue weighted by molar-refractivity contribution is 5.90. The van der Waals surface area contributed by atoms with E-state index in [1.165, 1.54) is 17.8 Å². The summed E-state index contributed by atoms with van der Waals surface area (Å²) < 4.78 is 81.7. The predicted octanol–water partition coefficient (Wildman–Crippen LogP) is 4.63. The minimum Gasteiger partial charge on any atom is -0.462 e. The number of carbonyl (C=O) groups excluding carboxylic acids is 1. The summed E-state index contributed by atoms with van der Waals surface area (Å²) in [7, 11) is 0. The van der Waals surface area contributed by atoms with Gasteiger partial charge in [0.05, 0.1) is 13.2 Å². The number of halogens is 6. The van der Waals surface area contributed by atoms with Crippen LogP contribution in [0.4, 0.5) is 26.3 Å². The lowest BCUT2D eigenvalue weighted by atomic mass is 10.2. The van der Waals surface area contributed by atoms with Crippen LogP contribution in [0, 0.1) is 0 Å². The van der Waals surface area contributed by atoms with E-state index in [1.54, 1.807) is 27.7 Å². The highest BCUT2D eigenvalue weighted by Crippen LogP contribution is 2.32. The van der Waals surface area contributed by atoms with E-state index in [9.17, 15) is 31.1 Å². The number of esters is 1. The molecule has 31 heavy (non-hydrogen) atoms. The Labute approximate surface area is 174 Å². The second-order valence-corrected chi connectivity index (χ2v) is 6.92. The minimum absolute atomic E-state index is 0.0169. The number of hydrogen-bond acceptors (Lipinski definition) is 5. The summed E-state index contributed by atoms with van der Waals surface area (Å²) in [5, 5.41) is 15.5. The molecule has 0 aliphatic rings. The van der Waals surface area contributed by atoms with Gasteiger partial charge in [0.2, 0.25) is 0 Å². The van der Waals surface area contributed by atoms with Gasteiger partial charge in [0.1, 0.15) is 5.56 Å². The Morgan fingerprint density at radius 3 is 1.77 bits per heavy atom. The molecule has 176 valence electrons. The summed E-state index contributed by atoms with van der Waals surface area (Å²) in [6.07, 6.45) is -6.89. The van der Waals surface area contributed by atoms with Crippen molar-refractivity contribution in [1.82, 2.24) is 19.6 Å². The van der Waals surface area contributed by atoms with Gasteiger partial charge in [-0.05, 0) is 34.6 Å². The van der Waals surface area contributed by atoms with Crippen LogP contribution in [0.5, 0.6) is 0 Å². The number of hydrogen-bond donors (Lipinski definition) is 1. The monoisotopic (exact) mass is 458 g/mol. The molecule has 0 amide bonds. The molecule has 0 aliphatic heterocycles. The molecule has 2 aromatic heterocycles. The molecule has 0 unspecified atom stereocenters. The first kappa shape index (κ1) is 26.5. The molecule has 2 heterocycles. The van der Waals surface area contributed by atoms with Gasteiger partial charge in [-0.25, -0.2) is 4.79 Å². The SMILES string of the molecule is CC(C)n1cc(CO)c(C(F)(F)F)n1.CCOC(=O)c1cn(C(C)C)nc1C(F)(F)F. The molecule has 2 rings (SSSR count). The van der Waals surface area contributed by atoms with Crippen molar-refractivity contribution in [1.29, 1.82) is 0 Å². The Hall–Kier alpha value is -2.57. The zero-order valence-electron chi connectivity index (χ0n) is 17.5. The third-order valence-corrected chi connectivity index (χ3v) is 3.80. The first-order valence-electron chi connectivity index (χ1n) is 9.22. The van der Waals surface area contributed by atoms with Crippen molar-refractivity contribution < 1.29 is 41.0 Å². The van der Waals surface area contributed by atoms with Crippen LogP contribution >= 0.6 is 0 Å². The number of nitrogens with zero attached hydrogens (tertiary/aromatic N) is 4. The van der Waals surface area contributed by atoms with Gasteiger partial charge in [-0.1, -0.05) is 0 Å². The van der Waals surface area contributed by atoms with Crippen LogP contribution in [-0.4, -0.2) is 37.2 Å². The maximum Gasteiger partial charge on any atom is 0.436 e. The Bertz CT molecular complexity index is 869. The Balaban J connectivity index is 0.000000316. The van der Waals surface area contributed by atoms with Crippen LogP contribution < -0.4 is 0 Å². The summed E-state index contributed by atoms with van der Waals surface area (Å²) in [6, 6.07) is -0.421. The highest BCUT2D eigenvalue weighted by atomic mass is 19.4. The molecule has 1 N–H and O–H groups in total. The van der Waals surface area contributed by atoms with Crippen LogP contribution in [0.15, 0.2) is 12.4 Å². The number of aliphatic hydroxyl groups is 1. The van der Waals surface area contributed by atoms with E-state index in [4.69, 9.17) is 5.11 Å². The summed E-state index contributed by atoms with van der Waals surface area (Å²) in [4.78, 5) is 11.4. The Kier molecular flexibility index (Phi) is 8.67. The molecule has 0 aliphatic carbocycles. The summed E-state index contributed by atoms with van der Waals surface area (Å²) in [5.74, 6) is -1.01. The lowest BCUT2D eigenvalue weighted by Gasteiger charge is -2.05. The van der Waals surface area contributed by atoms with E-state index in [1.807, 2.05) is 0 Å². The third-order valence-electron chi connectivity index (χ3n) is 3.80. The lowest BCUT2D eigenvalue weighted by molar-refractivity contribution is -0.143. The standard InChI is InChI=1S/C10H13F3N2O2.C8H11F3N2O/c1-4-17-9(16)7-5-15(6(2)3)14-8(7)10(11,12)13;1-5(2)13-3-6(4-14)7(12-13)8(9,10)11/h5-6H,4H2,1-3H3;3,5,14H,4H2,1-2H3. The highest BCUT2D eigenvalue weighted by Gasteiger charge is 2.40. The van der Waals surface area contributed by atoms with Crippen LogP contribution in [0.1, 0.15) is 74.0 Å². The number of carbonyl (C=O) groups is 1. The summed E-state index contributed by atoms with van der Waals surface area (Å²) in [5.41, 5.74) is -2.95. The van der Waals surface area contributed by atoms with Gasteiger partial charge < -0.3 is 9.84 Å². The number of alkyl halides is 6. The first-order chi connectivity index (χ1) is 14.1. The van der Waals surface area contributed by atoms with Gasteiger partial charge in [0.25, 0.3) is 0 Å². The van der Waals surface area contributed by atoms with Gasteiger partial charge in [0, 0.05) is 30.0 Å². The van der Waals surface area contributed by atoms with Crippen LogP contribution in [0.3, 0.4) is 0 Å². The molecule has 13 heteroatoms. The molecule has 0 aromatic carbocycles. The Morgan fingerprint density at radius 1 is 0.968 bits per heavy atom. The van der Waals surface area contributed by atoms with Crippen molar-refractivity contribution in [2.24, 2.45) is 0 Å². The van der Waals surface area contributed by atoms with Gasteiger partial charge in [-0.15, -0.1) is 0 Å².